The van der Waals surface area contributed by atoms with Crippen LogP contribution < -0.4 is 0 Å². The van der Waals surface area contributed by atoms with Gasteiger partial charge in [-0.25, -0.2) is 4.79 Å². The number of pyridine rings is 1. The maximum Gasteiger partial charge on any atom is 0.333 e. The molecule has 0 amide bonds. The molecule has 1 aromatic rings. The molecule has 0 aliphatic heterocycles. The summed E-state index contributed by atoms with van der Waals surface area (Å²) >= 11 is 0. The largest absolute Gasteiger partial charge is 0.461 e. The predicted octanol–water partition coefficient (Wildman–Crippen LogP) is 1.75. The molecular weight excluding hydrogens is 216 g/mol. The number of ether oxygens (including phenoxy) is 1. The first-order valence-corrected chi connectivity index (χ1v) is 5.36. The van der Waals surface area contributed by atoms with Crippen LogP contribution in [-0.2, 0) is 9.53 Å². The molecular formula is C13H20N2O2. The van der Waals surface area contributed by atoms with Gasteiger partial charge in [-0.15, -0.1) is 0 Å². The minimum Gasteiger partial charge on any atom is -0.461 e. The molecule has 0 aromatic carbocycles. The molecule has 17 heavy (non-hydrogen) atoms. The zero-order chi connectivity index (χ0) is 13.1. The van der Waals surface area contributed by atoms with Crippen molar-refractivity contribution in [2.75, 3.05) is 27.2 Å². The smallest absolute Gasteiger partial charge is 0.333 e. The Morgan fingerprint density at radius 2 is 1.88 bits per heavy atom. The maximum absolute atomic E-state index is 10.8. The highest BCUT2D eigenvalue weighted by Crippen LogP contribution is 1.91. The summed E-state index contributed by atoms with van der Waals surface area (Å²) in [6, 6.07) is 5.72. The summed E-state index contributed by atoms with van der Waals surface area (Å²) in [5.41, 5.74) is 0.448. The van der Waals surface area contributed by atoms with Crippen LogP contribution in [-0.4, -0.2) is 43.1 Å². The molecule has 1 aromatic heterocycles. The average molecular weight is 236 g/mol. The van der Waals surface area contributed by atoms with E-state index in [9.17, 15) is 4.79 Å². The van der Waals surface area contributed by atoms with Crippen LogP contribution in [0.4, 0.5) is 0 Å². The van der Waals surface area contributed by atoms with E-state index in [-0.39, 0.29) is 5.97 Å². The first kappa shape index (κ1) is 15.3. The molecule has 0 unspecified atom stereocenters. The topological polar surface area (TPSA) is 42.4 Å². The Bertz CT molecular complexity index is 297. The summed E-state index contributed by atoms with van der Waals surface area (Å²) in [7, 11) is 3.85. The molecule has 0 bridgehead atoms. The molecule has 94 valence electrons. The van der Waals surface area contributed by atoms with E-state index in [1.165, 1.54) is 0 Å². The highest BCUT2D eigenvalue weighted by molar-refractivity contribution is 5.86. The third-order valence-corrected chi connectivity index (χ3v) is 1.69. The summed E-state index contributed by atoms with van der Waals surface area (Å²) in [4.78, 5) is 16.5. The molecule has 1 rings (SSSR count). The van der Waals surface area contributed by atoms with Crippen molar-refractivity contribution in [1.82, 2.24) is 9.88 Å². The molecule has 0 saturated carbocycles. The van der Waals surface area contributed by atoms with Crippen molar-refractivity contribution in [3.05, 3.63) is 42.7 Å². The number of carbonyl (C=O) groups is 1. The second-order valence-corrected chi connectivity index (χ2v) is 3.74. The van der Waals surface area contributed by atoms with Gasteiger partial charge in [0.25, 0.3) is 0 Å². The van der Waals surface area contributed by atoms with Crippen LogP contribution in [0.3, 0.4) is 0 Å². The van der Waals surface area contributed by atoms with Gasteiger partial charge in [0.15, 0.2) is 0 Å². The molecule has 0 spiro atoms. The van der Waals surface area contributed by atoms with Gasteiger partial charge in [-0.1, -0.05) is 12.6 Å². The number of rotatable bonds is 4. The summed E-state index contributed by atoms with van der Waals surface area (Å²) < 4.78 is 4.83. The highest BCUT2D eigenvalue weighted by atomic mass is 16.5. The first-order chi connectivity index (χ1) is 8.04. The average Bonchev–Trinajstić information content (AvgIpc) is 2.31. The molecule has 0 atom stereocenters. The molecule has 0 fully saturated rings. The Morgan fingerprint density at radius 3 is 2.18 bits per heavy atom. The van der Waals surface area contributed by atoms with Crippen LogP contribution in [0.5, 0.6) is 0 Å². The lowest BCUT2D eigenvalue weighted by atomic mass is 10.4. The first-order valence-electron chi connectivity index (χ1n) is 5.36. The highest BCUT2D eigenvalue weighted by Gasteiger charge is 2.01. The molecule has 0 N–H and O–H groups in total. The van der Waals surface area contributed by atoms with Crippen LogP contribution in [0.1, 0.15) is 6.92 Å². The minimum atomic E-state index is -0.313. The van der Waals surface area contributed by atoms with Gasteiger partial charge < -0.3 is 9.64 Å². The van der Waals surface area contributed by atoms with Gasteiger partial charge in [0.2, 0.25) is 0 Å². The van der Waals surface area contributed by atoms with Crippen LogP contribution in [0.2, 0.25) is 0 Å². The lowest BCUT2D eigenvalue weighted by molar-refractivity contribution is -0.139. The van der Waals surface area contributed by atoms with Gasteiger partial charge in [0.1, 0.15) is 6.61 Å². The summed E-state index contributed by atoms with van der Waals surface area (Å²) in [5.74, 6) is -0.313. The van der Waals surface area contributed by atoms with Crippen LogP contribution in [0, 0.1) is 0 Å². The van der Waals surface area contributed by atoms with Crippen molar-refractivity contribution >= 4 is 5.97 Å². The number of hydrogen-bond acceptors (Lipinski definition) is 4. The fourth-order valence-electron chi connectivity index (χ4n) is 0.757. The minimum absolute atomic E-state index is 0.313. The Kier molecular flexibility index (Phi) is 8.60. The van der Waals surface area contributed by atoms with E-state index in [0.29, 0.717) is 12.2 Å². The number of nitrogens with zero attached hydrogens (tertiary/aromatic N) is 2. The molecule has 4 heteroatoms. The molecule has 0 aliphatic rings. The molecule has 0 saturated heterocycles. The Balaban J connectivity index is 0.000000354. The Morgan fingerprint density at radius 1 is 1.29 bits per heavy atom. The van der Waals surface area contributed by atoms with Gasteiger partial charge >= 0.3 is 5.97 Å². The van der Waals surface area contributed by atoms with Crippen molar-refractivity contribution in [2.24, 2.45) is 0 Å². The SMILES string of the molecule is C=C(C)C(=O)OCCN(C)C.c1ccncc1. The van der Waals surface area contributed by atoms with Gasteiger partial charge in [-0.05, 0) is 33.2 Å². The quantitative estimate of drug-likeness (QED) is 0.590. The lowest BCUT2D eigenvalue weighted by Crippen LogP contribution is -2.20. The van der Waals surface area contributed by atoms with Gasteiger partial charge in [0.05, 0.1) is 0 Å². The second-order valence-electron chi connectivity index (χ2n) is 3.74. The van der Waals surface area contributed by atoms with Crippen molar-refractivity contribution in [2.45, 2.75) is 6.92 Å². The second kappa shape index (κ2) is 9.54. The number of carbonyl (C=O) groups excluding carboxylic acids is 1. The molecule has 4 nitrogen and oxygen atoms in total. The van der Waals surface area contributed by atoms with E-state index >= 15 is 0 Å². The molecule has 0 radical (unpaired) electrons. The summed E-state index contributed by atoms with van der Waals surface area (Å²) in [5, 5.41) is 0. The van der Waals surface area contributed by atoms with Crippen molar-refractivity contribution in [3.63, 3.8) is 0 Å². The zero-order valence-electron chi connectivity index (χ0n) is 10.7. The molecule has 1 heterocycles. The lowest BCUT2D eigenvalue weighted by Gasteiger charge is -2.09. The number of likely N-dealkylation sites (N-methyl/N-ethyl adjacent to an activating group) is 1. The third kappa shape index (κ3) is 10.6. The summed E-state index contributed by atoms with van der Waals surface area (Å²) in [6.07, 6.45) is 3.50. The van der Waals surface area contributed by atoms with Crippen LogP contribution in [0.25, 0.3) is 0 Å². The van der Waals surface area contributed by atoms with Gasteiger partial charge in [-0.2, -0.15) is 0 Å². The Hall–Kier alpha value is -1.68. The van der Waals surface area contributed by atoms with Crippen molar-refractivity contribution in [3.8, 4) is 0 Å². The van der Waals surface area contributed by atoms with E-state index in [4.69, 9.17) is 4.74 Å². The molecule has 0 aliphatic carbocycles. The van der Waals surface area contributed by atoms with Gasteiger partial charge in [0, 0.05) is 24.5 Å². The predicted molar refractivity (Wildman–Crippen MR) is 68.6 cm³/mol. The number of esters is 1. The fourth-order valence-corrected chi connectivity index (χ4v) is 0.757. The summed E-state index contributed by atoms with van der Waals surface area (Å²) in [6.45, 7) is 6.28. The van der Waals surface area contributed by atoms with Crippen molar-refractivity contribution in [1.29, 1.82) is 0 Å². The monoisotopic (exact) mass is 236 g/mol. The third-order valence-electron chi connectivity index (χ3n) is 1.69. The van der Waals surface area contributed by atoms with Gasteiger partial charge in [-0.3, -0.25) is 4.98 Å². The van der Waals surface area contributed by atoms with E-state index in [0.717, 1.165) is 6.54 Å². The van der Waals surface area contributed by atoms with E-state index in [1.54, 1.807) is 19.3 Å². The van der Waals surface area contributed by atoms with Crippen LogP contribution in [0.15, 0.2) is 42.7 Å². The Labute approximate surface area is 103 Å². The van der Waals surface area contributed by atoms with E-state index < -0.39 is 0 Å². The van der Waals surface area contributed by atoms with Crippen molar-refractivity contribution < 1.29 is 9.53 Å². The number of hydrogen-bond donors (Lipinski definition) is 0. The van der Waals surface area contributed by atoms with E-state index in [2.05, 4.69) is 11.6 Å². The standard InChI is InChI=1S/C8H15NO2.C5H5N/c1-7(2)8(10)11-6-5-9(3)4;1-2-4-6-5-3-1/h1,5-6H2,2-4H3;1-5H. The number of aromatic nitrogens is 1. The maximum atomic E-state index is 10.8. The normalized spacial score (nSPS) is 9.18. The van der Waals surface area contributed by atoms with Crippen LogP contribution >= 0.6 is 0 Å². The zero-order valence-corrected chi connectivity index (χ0v) is 10.7. The van der Waals surface area contributed by atoms with E-state index in [1.807, 2.05) is 37.2 Å². The fraction of sp³-hybridized carbons (Fsp3) is 0.385.